The Kier molecular flexibility index (Phi) is 3.79. The third-order valence-electron chi connectivity index (χ3n) is 2.31. The van der Waals surface area contributed by atoms with Gasteiger partial charge in [0.05, 0.1) is 22.8 Å². The number of ketones is 1. The molecule has 0 bridgehead atoms. The SMILES string of the molecule is O=C(Cn1cc(Cl)cnc1=O)c1ccccc1Cl. The van der Waals surface area contributed by atoms with E-state index in [0.717, 1.165) is 4.57 Å². The minimum Gasteiger partial charge on any atom is -0.292 e. The second-order valence-corrected chi connectivity index (χ2v) is 4.43. The third-order valence-corrected chi connectivity index (χ3v) is 2.84. The lowest BCUT2D eigenvalue weighted by atomic mass is 10.1. The van der Waals surface area contributed by atoms with Crippen LogP contribution in [-0.2, 0) is 6.54 Å². The van der Waals surface area contributed by atoms with Gasteiger partial charge in [0.2, 0.25) is 0 Å². The van der Waals surface area contributed by atoms with Crippen molar-refractivity contribution in [2.75, 3.05) is 0 Å². The van der Waals surface area contributed by atoms with E-state index in [1.54, 1.807) is 24.3 Å². The van der Waals surface area contributed by atoms with E-state index in [0.29, 0.717) is 15.6 Å². The summed E-state index contributed by atoms with van der Waals surface area (Å²) in [6.45, 7) is -0.143. The molecule has 0 radical (unpaired) electrons. The number of carbonyl (C=O) groups is 1. The van der Waals surface area contributed by atoms with Gasteiger partial charge in [0.15, 0.2) is 5.78 Å². The topological polar surface area (TPSA) is 52.0 Å². The maximum absolute atomic E-state index is 12.0. The molecule has 0 aliphatic rings. The fraction of sp³-hybridized carbons (Fsp3) is 0.0833. The molecule has 2 rings (SSSR count). The van der Waals surface area contributed by atoms with Crippen molar-refractivity contribution in [3.63, 3.8) is 0 Å². The predicted octanol–water partition coefficient (Wildman–Crippen LogP) is 2.43. The van der Waals surface area contributed by atoms with Crippen LogP contribution in [0.25, 0.3) is 0 Å². The summed E-state index contributed by atoms with van der Waals surface area (Å²) >= 11 is 11.6. The molecule has 4 nitrogen and oxygen atoms in total. The number of Topliss-reactive ketones (excluding diaryl/α,β-unsaturated/α-hetero) is 1. The van der Waals surface area contributed by atoms with E-state index < -0.39 is 5.69 Å². The van der Waals surface area contributed by atoms with Gasteiger partial charge in [-0.3, -0.25) is 9.36 Å². The first-order chi connectivity index (χ1) is 8.58. The van der Waals surface area contributed by atoms with Crippen LogP contribution >= 0.6 is 23.2 Å². The number of nitrogens with zero attached hydrogens (tertiary/aromatic N) is 2. The van der Waals surface area contributed by atoms with Crippen molar-refractivity contribution in [1.29, 1.82) is 0 Å². The first-order valence-corrected chi connectivity index (χ1v) is 5.83. The Labute approximate surface area is 113 Å². The molecular formula is C12H8Cl2N2O2. The zero-order valence-corrected chi connectivity index (χ0v) is 10.6. The smallest absolute Gasteiger partial charge is 0.292 e. The lowest BCUT2D eigenvalue weighted by Crippen LogP contribution is -2.25. The van der Waals surface area contributed by atoms with Crippen molar-refractivity contribution in [3.05, 3.63) is 62.8 Å². The maximum Gasteiger partial charge on any atom is 0.348 e. The van der Waals surface area contributed by atoms with Crippen LogP contribution < -0.4 is 5.69 Å². The van der Waals surface area contributed by atoms with Crippen LogP contribution in [0.3, 0.4) is 0 Å². The van der Waals surface area contributed by atoms with E-state index in [4.69, 9.17) is 23.2 Å². The molecule has 0 spiro atoms. The highest BCUT2D eigenvalue weighted by molar-refractivity contribution is 6.34. The van der Waals surface area contributed by atoms with Crippen molar-refractivity contribution in [3.8, 4) is 0 Å². The number of carbonyl (C=O) groups excluding carboxylic acids is 1. The number of halogens is 2. The number of hydrogen-bond acceptors (Lipinski definition) is 3. The van der Waals surface area contributed by atoms with Crippen LogP contribution in [0.5, 0.6) is 0 Å². The number of aromatic nitrogens is 2. The molecule has 1 aromatic carbocycles. The molecule has 1 heterocycles. The monoisotopic (exact) mass is 282 g/mol. The molecular weight excluding hydrogens is 275 g/mol. The molecule has 0 saturated heterocycles. The fourth-order valence-electron chi connectivity index (χ4n) is 1.47. The first kappa shape index (κ1) is 12.8. The normalized spacial score (nSPS) is 10.3. The summed E-state index contributed by atoms with van der Waals surface area (Å²) in [6.07, 6.45) is 2.60. The molecule has 0 N–H and O–H groups in total. The summed E-state index contributed by atoms with van der Waals surface area (Å²) in [5.41, 5.74) is -0.161. The van der Waals surface area contributed by atoms with Crippen LogP contribution in [0.2, 0.25) is 10.0 Å². The van der Waals surface area contributed by atoms with Gasteiger partial charge in [0.1, 0.15) is 0 Å². The summed E-state index contributed by atoms with van der Waals surface area (Å²) < 4.78 is 1.15. The van der Waals surface area contributed by atoms with Crippen molar-refractivity contribution in [1.82, 2.24) is 9.55 Å². The molecule has 0 aliphatic heterocycles. The minimum atomic E-state index is -0.528. The molecule has 0 saturated carbocycles. The fourth-order valence-corrected chi connectivity index (χ4v) is 1.88. The van der Waals surface area contributed by atoms with E-state index >= 15 is 0 Å². The van der Waals surface area contributed by atoms with Crippen molar-refractivity contribution >= 4 is 29.0 Å². The first-order valence-electron chi connectivity index (χ1n) is 5.07. The highest BCUT2D eigenvalue weighted by atomic mass is 35.5. The second-order valence-electron chi connectivity index (χ2n) is 3.59. The Morgan fingerprint density at radius 1 is 1.28 bits per heavy atom. The van der Waals surface area contributed by atoms with Gasteiger partial charge >= 0.3 is 5.69 Å². The van der Waals surface area contributed by atoms with Crippen molar-refractivity contribution in [2.24, 2.45) is 0 Å². The van der Waals surface area contributed by atoms with Gasteiger partial charge in [-0.25, -0.2) is 9.78 Å². The molecule has 18 heavy (non-hydrogen) atoms. The van der Waals surface area contributed by atoms with Crippen molar-refractivity contribution in [2.45, 2.75) is 6.54 Å². The predicted molar refractivity (Wildman–Crippen MR) is 69.3 cm³/mol. The van der Waals surface area contributed by atoms with Gasteiger partial charge in [-0.1, -0.05) is 35.3 Å². The highest BCUT2D eigenvalue weighted by Crippen LogP contribution is 2.16. The molecule has 6 heteroatoms. The van der Waals surface area contributed by atoms with E-state index in [1.165, 1.54) is 12.4 Å². The Morgan fingerprint density at radius 2 is 2.00 bits per heavy atom. The molecule has 0 aliphatic carbocycles. The van der Waals surface area contributed by atoms with Crippen LogP contribution in [-0.4, -0.2) is 15.3 Å². The number of hydrogen-bond donors (Lipinski definition) is 0. The molecule has 92 valence electrons. The summed E-state index contributed by atoms with van der Waals surface area (Å²) in [5, 5.41) is 0.645. The van der Waals surface area contributed by atoms with Gasteiger partial charge in [-0.15, -0.1) is 0 Å². The minimum absolute atomic E-state index is 0.143. The van der Waals surface area contributed by atoms with Crippen LogP contribution in [0.1, 0.15) is 10.4 Å². The van der Waals surface area contributed by atoms with Gasteiger partial charge in [0.25, 0.3) is 0 Å². The standard InChI is InChI=1S/C12H8Cl2N2O2/c13-8-5-15-12(18)16(6-8)7-11(17)9-3-1-2-4-10(9)14/h1-6H,7H2. The van der Waals surface area contributed by atoms with E-state index in [9.17, 15) is 9.59 Å². The summed E-state index contributed by atoms with van der Waals surface area (Å²) in [5.74, 6) is -0.272. The lowest BCUT2D eigenvalue weighted by molar-refractivity contribution is 0.0970. The van der Waals surface area contributed by atoms with Gasteiger partial charge in [-0.05, 0) is 12.1 Å². The average Bonchev–Trinajstić information content (AvgIpc) is 2.34. The summed E-state index contributed by atoms with van der Waals surface area (Å²) in [6, 6.07) is 6.66. The van der Waals surface area contributed by atoms with Gasteiger partial charge in [0, 0.05) is 11.8 Å². The number of rotatable bonds is 3. The van der Waals surface area contributed by atoms with E-state index in [-0.39, 0.29) is 12.3 Å². The average molecular weight is 283 g/mol. The van der Waals surface area contributed by atoms with Crippen LogP contribution in [0.4, 0.5) is 0 Å². The summed E-state index contributed by atoms with van der Waals surface area (Å²) in [7, 11) is 0. The number of benzene rings is 1. The van der Waals surface area contributed by atoms with Crippen molar-refractivity contribution < 1.29 is 4.79 Å². The van der Waals surface area contributed by atoms with Gasteiger partial charge < -0.3 is 0 Å². The lowest BCUT2D eigenvalue weighted by Gasteiger charge is -2.05. The van der Waals surface area contributed by atoms with Gasteiger partial charge in [-0.2, -0.15) is 0 Å². The van der Waals surface area contributed by atoms with Crippen LogP contribution in [0, 0.1) is 0 Å². The molecule has 0 atom stereocenters. The quantitative estimate of drug-likeness (QED) is 0.813. The molecule has 0 fully saturated rings. The molecule has 1 aromatic heterocycles. The Bertz CT molecular complexity index is 653. The molecule has 2 aromatic rings. The van der Waals surface area contributed by atoms with Crippen LogP contribution in [0.15, 0.2) is 41.5 Å². The zero-order chi connectivity index (χ0) is 13.1. The van der Waals surface area contributed by atoms with E-state index in [1.807, 2.05) is 0 Å². The second kappa shape index (κ2) is 5.33. The Balaban J connectivity index is 2.30. The largest absolute Gasteiger partial charge is 0.348 e. The zero-order valence-electron chi connectivity index (χ0n) is 9.14. The Hall–Kier alpha value is -1.65. The van der Waals surface area contributed by atoms with E-state index in [2.05, 4.69) is 4.98 Å². The molecule has 0 unspecified atom stereocenters. The Morgan fingerprint density at radius 3 is 2.72 bits per heavy atom. The highest BCUT2D eigenvalue weighted by Gasteiger charge is 2.11. The third kappa shape index (κ3) is 2.78. The maximum atomic E-state index is 12.0. The summed E-state index contributed by atoms with van der Waals surface area (Å²) in [4.78, 5) is 27.0. The molecule has 0 amide bonds.